The molecule has 0 bridgehead atoms. The number of aromatic nitrogens is 1. The third-order valence-corrected chi connectivity index (χ3v) is 6.69. The minimum absolute atomic E-state index is 0.311. The molecule has 0 aliphatic heterocycles. The van der Waals surface area contributed by atoms with Crippen LogP contribution in [0, 0.1) is 6.92 Å². The van der Waals surface area contributed by atoms with Gasteiger partial charge in [-0.1, -0.05) is 24.6 Å². The number of aryl methyl sites for hydroxylation is 2. The summed E-state index contributed by atoms with van der Waals surface area (Å²) in [6.07, 6.45) is 2.32. The van der Waals surface area contributed by atoms with Gasteiger partial charge in [-0.15, -0.1) is 11.3 Å². The Morgan fingerprint density at radius 2 is 1.72 bits per heavy atom. The quantitative estimate of drug-likeness (QED) is 0.664. The number of nitrogens with one attached hydrogen (secondary N) is 2. The van der Waals surface area contributed by atoms with Gasteiger partial charge in [0.15, 0.2) is 0 Å². The molecular formula is C18H19N3O2S2. The fourth-order valence-electron chi connectivity index (χ4n) is 2.21. The Morgan fingerprint density at radius 3 is 2.32 bits per heavy atom. The van der Waals surface area contributed by atoms with Crippen molar-refractivity contribution in [2.45, 2.75) is 24.5 Å². The first kappa shape index (κ1) is 17.4. The molecule has 2 N–H and O–H groups in total. The highest BCUT2D eigenvalue weighted by molar-refractivity contribution is 7.94. The lowest BCUT2D eigenvalue weighted by Crippen LogP contribution is -2.11. The zero-order chi connectivity index (χ0) is 17.9. The Hall–Kier alpha value is -2.38. The van der Waals surface area contributed by atoms with Crippen molar-refractivity contribution >= 4 is 38.6 Å². The summed E-state index contributed by atoms with van der Waals surface area (Å²) in [5.74, 6) is 0.649. The largest absolute Gasteiger partial charge is 0.340 e. The van der Waals surface area contributed by atoms with Crippen LogP contribution in [0.25, 0.3) is 0 Å². The molecule has 7 heteroatoms. The molecule has 3 rings (SSSR count). The SMILES string of the molecule is CCc1ccc(S(=O)(=O)Nc2ccc(Nc3ccc(C)cc3)nc2)s1. The van der Waals surface area contributed by atoms with E-state index in [1.165, 1.54) is 23.1 Å². The van der Waals surface area contributed by atoms with Crippen LogP contribution in [-0.2, 0) is 16.4 Å². The molecule has 0 amide bonds. The van der Waals surface area contributed by atoms with E-state index in [4.69, 9.17) is 0 Å². The number of hydrogen-bond donors (Lipinski definition) is 2. The average Bonchev–Trinajstić information content (AvgIpc) is 3.09. The van der Waals surface area contributed by atoms with Gasteiger partial charge < -0.3 is 5.32 Å². The first-order valence-electron chi connectivity index (χ1n) is 7.87. The molecule has 0 radical (unpaired) electrons. The van der Waals surface area contributed by atoms with Crippen molar-refractivity contribution in [3.63, 3.8) is 0 Å². The highest BCUT2D eigenvalue weighted by Gasteiger charge is 2.16. The van der Waals surface area contributed by atoms with Gasteiger partial charge in [-0.25, -0.2) is 13.4 Å². The predicted molar refractivity (Wildman–Crippen MR) is 103 cm³/mol. The van der Waals surface area contributed by atoms with Crippen LogP contribution in [-0.4, -0.2) is 13.4 Å². The van der Waals surface area contributed by atoms with Gasteiger partial charge >= 0.3 is 0 Å². The summed E-state index contributed by atoms with van der Waals surface area (Å²) in [5, 5.41) is 3.18. The molecule has 0 atom stereocenters. The lowest BCUT2D eigenvalue weighted by Gasteiger charge is -2.08. The van der Waals surface area contributed by atoms with Crippen LogP contribution in [0.2, 0.25) is 0 Å². The summed E-state index contributed by atoms with van der Waals surface area (Å²) in [7, 11) is -3.57. The van der Waals surface area contributed by atoms with Crippen LogP contribution in [0.15, 0.2) is 58.9 Å². The zero-order valence-electron chi connectivity index (χ0n) is 14.0. The number of pyridine rings is 1. The first-order valence-corrected chi connectivity index (χ1v) is 10.2. The van der Waals surface area contributed by atoms with E-state index in [-0.39, 0.29) is 0 Å². The minimum Gasteiger partial charge on any atom is -0.340 e. The molecule has 1 aromatic carbocycles. The Morgan fingerprint density at radius 1 is 1.00 bits per heavy atom. The molecule has 130 valence electrons. The van der Waals surface area contributed by atoms with Crippen LogP contribution in [0.4, 0.5) is 17.2 Å². The van der Waals surface area contributed by atoms with E-state index in [0.717, 1.165) is 17.0 Å². The standard InChI is InChI=1S/C18H19N3O2S2/c1-3-16-9-11-18(24-16)25(22,23)21-15-8-10-17(19-12-15)20-14-6-4-13(2)5-7-14/h4-12,21H,3H2,1-2H3,(H,19,20). The molecular weight excluding hydrogens is 354 g/mol. The van der Waals surface area contributed by atoms with Crippen molar-refractivity contribution in [3.8, 4) is 0 Å². The number of thiophene rings is 1. The minimum atomic E-state index is -3.57. The van der Waals surface area contributed by atoms with E-state index in [0.29, 0.717) is 15.7 Å². The maximum Gasteiger partial charge on any atom is 0.271 e. The monoisotopic (exact) mass is 373 g/mol. The Balaban J connectivity index is 1.70. The first-order chi connectivity index (χ1) is 12.0. The van der Waals surface area contributed by atoms with E-state index in [1.54, 1.807) is 18.2 Å². The number of nitrogens with zero attached hydrogens (tertiary/aromatic N) is 1. The van der Waals surface area contributed by atoms with Gasteiger partial charge in [0.2, 0.25) is 0 Å². The second-order valence-electron chi connectivity index (χ2n) is 5.60. The number of benzene rings is 1. The van der Waals surface area contributed by atoms with Gasteiger partial charge in [-0.3, -0.25) is 4.72 Å². The Bertz CT molecular complexity index is 947. The molecule has 0 fully saturated rings. The number of hydrogen-bond acceptors (Lipinski definition) is 5. The predicted octanol–water partition coefficient (Wildman–Crippen LogP) is 4.56. The summed E-state index contributed by atoms with van der Waals surface area (Å²) in [6.45, 7) is 4.03. The maximum absolute atomic E-state index is 12.4. The third-order valence-electron chi connectivity index (χ3n) is 3.59. The van der Waals surface area contributed by atoms with E-state index >= 15 is 0 Å². The topological polar surface area (TPSA) is 71.1 Å². The Labute approximate surface area is 151 Å². The van der Waals surface area contributed by atoms with Gasteiger partial charge in [0, 0.05) is 10.6 Å². The van der Waals surface area contributed by atoms with Crippen molar-refractivity contribution in [1.29, 1.82) is 0 Å². The van der Waals surface area contributed by atoms with Gasteiger partial charge in [0.1, 0.15) is 10.0 Å². The lowest BCUT2D eigenvalue weighted by molar-refractivity contribution is 0.603. The van der Waals surface area contributed by atoms with E-state index in [9.17, 15) is 8.42 Å². The van der Waals surface area contributed by atoms with Gasteiger partial charge in [0.05, 0.1) is 11.9 Å². The van der Waals surface area contributed by atoms with Crippen molar-refractivity contribution in [2.24, 2.45) is 0 Å². The van der Waals surface area contributed by atoms with Gasteiger partial charge in [-0.05, 0) is 49.7 Å². The normalized spacial score (nSPS) is 11.3. The Kier molecular flexibility index (Phi) is 5.06. The third kappa shape index (κ3) is 4.37. The fourth-order valence-corrected chi connectivity index (χ4v) is 4.55. The summed E-state index contributed by atoms with van der Waals surface area (Å²) in [5.41, 5.74) is 2.54. The van der Waals surface area contributed by atoms with Gasteiger partial charge in [-0.2, -0.15) is 0 Å². The summed E-state index contributed by atoms with van der Waals surface area (Å²) in [4.78, 5) is 5.30. The molecule has 0 spiro atoms. The average molecular weight is 374 g/mol. The highest BCUT2D eigenvalue weighted by atomic mass is 32.2. The second-order valence-corrected chi connectivity index (χ2v) is 8.68. The highest BCUT2D eigenvalue weighted by Crippen LogP contribution is 2.24. The fraction of sp³-hybridized carbons (Fsp3) is 0.167. The molecule has 3 aromatic rings. The number of sulfonamides is 1. The molecule has 2 aromatic heterocycles. The summed E-state index contributed by atoms with van der Waals surface area (Å²) >= 11 is 1.28. The summed E-state index contributed by atoms with van der Waals surface area (Å²) < 4.78 is 27.7. The maximum atomic E-state index is 12.4. The summed E-state index contributed by atoms with van der Waals surface area (Å²) in [6, 6.07) is 14.9. The second kappa shape index (κ2) is 7.25. The molecule has 0 aliphatic carbocycles. The number of rotatable bonds is 6. The van der Waals surface area contributed by atoms with Crippen LogP contribution >= 0.6 is 11.3 Å². The van der Waals surface area contributed by atoms with E-state index < -0.39 is 10.0 Å². The molecule has 0 saturated heterocycles. The molecule has 0 unspecified atom stereocenters. The molecule has 25 heavy (non-hydrogen) atoms. The lowest BCUT2D eigenvalue weighted by atomic mass is 10.2. The molecule has 5 nitrogen and oxygen atoms in total. The van der Waals surface area contributed by atoms with E-state index in [1.807, 2.05) is 44.2 Å². The van der Waals surface area contributed by atoms with Crippen molar-refractivity contribution in [3.05, 3.63) is 65.2 Å². The molecule has 0 aliphatic rings. The van der Waals surface area contributed by atoms with Crippen LogP contribution in [0.1, 0.15) is 17.4 Å². The molecule has 2 heterocycles. The van der Waals surface area contributed by atoms with Crippen LogP contribution < -0.4 is 10.0 Å². The smallest absolute Gasteiger partial charge is 0.271 e. The molecule has 0 saturated carbocycles. The van der Waals surface area contributed by atoms with Crippen molar-refractivity contribution in [1.82, 2.24) is 4.98 Å². The van der Waals surface area contributed by atoms with Gasteiger partial charge in [0.25, 0.3) is 10.0 Å². The zero-order valence-corrected chi connectivity index (χ0v) is 15.6. The van der Waals surface area contributed by atoms with Crippen molar-refractivity contribution < 1.29 is 8.42 Å². The van der Waals surface area contributed by atoms with Crippen molar-refractivity contribution in [2.75, 3.05) is 10.0 Å². The van der Waals surface area contributed by atoms with E-state index in [2.05, 4.69) is 15.0 Å². The van der Waals surface area contributed by atoms with Crippen LogP contribution in [0.3, 0.4) is 0 Å². The number of anilines is 3. The van der Waals surface area contributed by atoms with Crippen LogP contribution in [0.5, 0.6) is 0 Å².